The number of amides is 3. The number of nitrogens with zero attached hydrogens (tertiary/aromatic N) is 1. The number of phenols is 1. The van der Waals surface area contributed by atoms with E-state index in [1.165, 1.54) is 23.5 Å². The standard InChI is InChI=1S/C24H15N3O4S2/c28-15-4-2-14(3-5-15)26-22(29)20-8-7-19(32-20)16-9-10-25-18-6-1-13(11-17(16)18)12-21-23(30)27-24(31)33-21/h1-12,28H,(H,26,29)(H,27,30,31)/b21-12+. The SMILES string of the molecule is O=C1NC(=O)/C(=C\c2ccc3nccc(-c4ccc(C(=O)Nc5ccc(O)cc5)s4)c3c2)S1. The molecule has 9 heteroatoms. The number of carbonyl (C=O) groups excluding carboxylic acids is 3. The fraction of sp³-hybridized carbons (Fsp3) is 0. The summed E-state index contributed by atoms with van der Waals surface area (Å²) in [7, 11) is 0. The fourth-order valence-corrected chi connectivity index (χ4v) is 5.01. The van der Waals surface area contributed by atoms with Crippen molar-refractivity contribution in [1.82, 2.24) is 10.3 Å². The fourth-order valence-electron chi connectivity index (χ4n) is 3.38. The van der Waals surface area contributed by atoms with Gasteiger partial charge in [0.25, 0.3) is 17.1 Å². The molecule has 2 aromatic carbocycles. The largest absolute Gasteiger partial charge is 0.508 e. The maximum atomic E-state index is 12.7. The third kappa shape index (κ3) is 4.36. The Hall–Kier alpha value is -3.95. The summed E-state index contributed by atoms with van der Waals surface area (Å²) in [6.45, 7) is 0. The number of hydrogen-bond donors (Lipinski definition) is 3. The van der Waals surface area contributed by atoms with Crippen LogP contribution >= 0.6 is 23.1 Å². The Morgan fingerprint density at radius 2 is 1.85 bits per heavy atom. The van der Waals surface area contributed by atoms with E-state index in [9.17, 15) is 19.5 Å². The van der Waals surface area contributed by atoms with Crippen LogP contribution in [0.1, 0.15) is 15.2 Å². The van der Waals surface area contributed by atoms with Gasteiger partial charge in [-0.15, -0.1) is 11.3 Å². The monoisotopic (exact) mass is 473 g/mol. The van der Waals surface area contributed by atoms with Crippen LogP contribution in [-0.2, 0) is 4.79 Å². The zero-order valence-electron chi connectivity index (χ0n) is 16.9. The quantitative estimate of drug-likeness (QED) is 0.276. The lowest BCUT2D eigenvalue weighted by atomic mass is 10.0. The molecular weight excluding hydrogens is 458 g/mol. The van der Waals surface area contributed by atoms with Crippen molar-refractivity contribution in [2.75, 3.05) is 5.32 Å². The van der Waals surface area contributed by atoms with Crippen LogP contribution in [0, 0.1) is 0 Å². The summed E-state index contributed by atoms with van der Waals surface area (Å²) in [5.74, 6) is -0.515. The first kappa shape index (κ1) is 20.9. The molecule has 7 nitrogen and oxygen atoms in total. The number of thioether (sulfide) groups is 1. The number of pyridine rings is 1. The molecule has 0 atom stereocenters. The molecule has 0 spiro atoms. The molecule has 0 aliphatic carbocycles. The van der Waals surface area contributed by atoms with Crippen molar-refractivity contribution < 1.29 is 19.5 Å². The molecule has 0 bridgehead atoms. The van der Waals surface area contributed by atoms with Crippen molar-refractivity contribution in [1.29, 1.82) is 0 Å². The van der Waals surface area contributed by atoms with Crippen LogP contribution in [0.4, 0.5) is 10.5 Å². The van der Waals surface area contributed by atoms with Crippen molar-refractivity contribution in [3.63, 3.8) is 0 Å². The highest BCUT2D eigenvalue weighted by atomic mass is 32.2. The minimum absolute atomic E-state index is 0.129. The Kier molecular flexibility index (Phi) is 5.41. The minimum Gasteiger partial charge on any atom is -0.508 e. The third-order valence-electron chi connectivity index (χ3n) is 4.93. The van der Waals surface area contributed by atoms with E-state index in [4.69, 9.17) is 0 Å². The maximum absolute atomic E-state index is 12.7. The molecular formula is C24H15N3O4S2. The van der Waals surface area contributed by atoms with Crippen molar-refractivity contribution in [3.8, 4) is 16.2 Å². The summed E-state index contributed by atoms with van der Waals surface area (Å²) in [6, 6.07) is 17.4. The molecule has 0 saturated carbocycles. The number of thiophene rings is 1. The number of rotatable bonds is 4. The van der Waals surface area contributed by atoms with E-state index in [0.29, 0.717) is 15.5 Å². The Labute approximate surface area is 196 Å². The summed E-state index contributed by atoms with van der Waals surface area (Å²) in [6.07, 6.45) is 3.39. The molecule has 1 aliphatic rings. The summed E-state index contributed by atoms with van der Waals surface area (Å²) in [5.41, 5.74) is 3.05. The Bertz CT molecular complexity index is 1460. The molecule has 2 aromatic heterocycles. The molecule has 0 unspecified atom stereocenters. The lowest BCUT2D eigenvalue weighted by Crippen LogP contribution is -2.17. The van der Waals surface area contributed by atoms with Crippen molar-refractivity contribution in [2.45, 2.75) is 0 Å². The zero-order chi connectivity index (χ0) is 22.9. The number of aromatic hydroxyl groups is 1. The average molecular weight is 474 g/mol. The van der Waals surface area contributed by atoms with E-state index >= 15 is 0 Å². The lowest BCUT2D eigenvalue weighted by molar-refractivity contribution is -0.115. The third-order valence-corrected chi connectivity index (χ3v) is 6.85. The molecule has 1 saturated heterocycles. The first-order valence-electron chi connectivity index (χ1n) is 9.80. The van der Waals surface area contributed by atoms with Crippen LogP contribution in [0.2, 0.25) is 0 Å². The zero-order valence-corrected chi connectivity index (χ0v) is 18.5. The molecule has 4 aromatic rings. The van der Waals surface area contributed by atoms with Crippen molar-refractivity contribution in [3.05, 3.63) is 82.2 Å². The summed E-state index contributed by atoms with van der Waals surface area (Å²) in [5, 5.41) is 14.9. The van der Waals surface area contributed by atoms with Gasteiger partial charge < -0.3 is 10.4 Å². The van der Waals surface area contributed by atoms with Gasteiger partial charge in [-0.05, 0) is 78.0 Å². The molecule has 0 radical (unpaired) electrons. The molecule has 162 valence electrons. The molecule has 3 heterocycles. The molecule has 1 aliphatic heterocycles. The number of nitrogens with one attached hydrogen (secondary N) is 2. The second-order valence-electron chi connectivity index (χ2n) is 7.15. The number of carbonyl (C=O) groups is 3. The first-order chi connectivity index (χ1) is 16.0. The highest BCUT2D eigenvalue weighted by Gasteiger charge is 2.25. The van der Waals surface area contributed by atoms with Gasteiger partial charge in [0.2, 0.25) is 0 Å². The highest BCUT2D eigenvalue weighted by molar-refractivity contribution is 8.18. The lowest BCUT2D eigenvalue weighted by Gasteiger charge is -2.06. The van der Waals surface area contributed by atoms with E-state index in [1.54, 1.807) is 30.5 Å². The minimum atomic E-state index is -0.404. The van der Waals surface area contributed by atoms with Gasteiger partial charge >= 0.3 is 0 Å². The summed E-state index contributed by atoms with van der Waals surface area (Å²) < 4.78 is 0. The van der Waals surface area contributed by atoms with Crippen LogP contribution in [0.25, 0.3) is 27.4 Å². The number of anilines is 1. The summed E-state index contributed by atoms with van der Waals surface area (Å²) in [4.78, 5) is 42.2. The van der Waals surface area contributed by atoms with Crippen molar-refractivity contribution in [2.24, 2.45) is 0 Å². The van der Waals surface area contributed by atoms with E-state index in [1.807, 2.05) is 30.3 Å². The van der Waals surface area contributed by atoms with Gasteiger partial charge in [0, 0.05) is 27.7 Å². The van der Waals surface area contributed by atoms with Gasteiger partial charge in [0.15, 0.2) is 0 Å². The van der Waals surface area contributed by atoms with Gasteiger partial charge in [-0.2, -0.15) is 0 Å². The van der Waals surface area contributed by atoms with Crippen molar-refractivity contribution >= 4 is 62.8 Å². The predicted molar refractivity (Wildman–Crippen MR) is 130 cm³/mol. The van der Waals surface area contributed by atoms with Gasteiger partial charge in [0.05, 0.1) is 15.3 Å². The average Bonchev–Trinajstić information content (AvgIpc) is 3.41. The Morgan fingerprint density at radius 1 is 1.03 bits per heavy atom. The van der Waals surface area contributed by atoms with Gasteiger partial charge in [-0.25, -0.2) is 0 Å². The van der Waals surface area contributed by atoms with Crippen LogP contribution in [0.3, 0.4) is 0 Å². The Balaban J connectivity index is 1.46. The van der Waals surface area contributed by atoms with E-state index in [2.05, 4.69) is 15.6 Å². The van der Waals surface area contributed by atoms with Gasteiger partial charge in [-0.3, -0.25) is 24.7 Å². The van der Waals surface area contributed by atoms with E-state index < -0.39 is 5.91 Å². The van der Waals surface area contributed by atoms with Gasteiger partial charge in [0.1, 0.15) is 5.75 Å². The number of fused-ring (bicyclic) bond motifs is 1. The Morgan fingerprint density at radius 3 is 2.61 bits per heavy atom. The molecule has 1 fully saturated rings. The normalized spacial score (nSPS) is 14.6. The second kappa shape index (κ2) is 8.53. The first-order valence-corrected chi connectivity index (χ1v) is 11.4. The van der Waals surface area contributed by atoms with E-state index in [-0.39, 0.29) is 16.9 Å². The number of hydrogen-bond acceptors (Lipinski definition) is 7. The molecule has 5 rings (SSSR count). The van der Waals surface area contributed by atoms with Gasteiger partial charge in [-0.1, -0.05) is 6.07 Å². The van der Waals surface area contributed by atoms with E-state index in [0.717, 1.165) is 38.7 Å². The smallest absolute Gasteiger partial charge is 0.290 e. The molecule has 3 N–H and O–H groups in total. The highest BCUT2D eigenvalue weighted by Crippen LogP contribution is 2.34. The number of imide groups is 1. The number of phenolic OH excluding ortho intramolecular Hbond substituents is 1. The van der Waals surface area contributed by atoms with Crippen LogP contribution in [-0.4, -0.2) is 27.1 Å². The topological polar surface area (TPSA) is 108 Å². The predicted octanol–water partition coefficient (Wildman–Crippen LogP) is 5.25. The van der Waals surface area contributed by atoms with Crippen LogP contribution < -0.4 is 10.6 Å². The molecule has 33 heavy (non-hydrogen) atoms. The second-order valence-corrected chi connectivity index (χ2v) is 9.25. The van der Waals surface area contributed by atoms with Crippen LogP contribution in [0.5, 0.6) is 5.75 Å². The maximum Gasteiger partial charge on any atom is 0.290 e. The van der Waals surface area contributed by atoms with Crippen LogP contribution in [0.15, 0.2) is 71.8 Å². The number of benzene rings is 2. The number of aromatic nitrogens is 1. The summed E-state index contributed by atoms with van der Waals surface area (Å²) >= 11 is 2.23. The molecule has 3 amide bonds.